The number of amides is 1. The Balaban J connectivity index is 1.55. The fourth-order valence-electron chi connectivity index (χ4n) is 3.35. The standard InChI is InChI=1S/C21H26N2O4S/c1-16-5-2-3-7-20(16)23-21(24)13-10-17-8-11-19(12-9-17)28(25,26)22-15-18-6-4-14-27-18/h4,6,8-14,16,20,22H,2-3,5,7,15H2,1H3,(H,23,24)/b13-10+/t16-,20+/m0/s1. The average molecular weight is 403 g/mol. The summed E-state index contributed by atoms with van der Waals surface area (Å²) in [7, 11) is -3.62. The lowest BCUT2D eigenvalue weighted by molar-refractivity contribution is -0.117. The van der Waals surface area contributed by atoms with E-state index in [-0.39, 0.29) is 23.4 Å². The van der Waals surface area contributed by atoms with Gasteiger partial charge in [0, 0.05) is 12.1 Å². The highest BCUT2D eigenvalue weighted by Gasteiger charge is 2.21. The SMILES string of the molecule is C[C@H]1CCCC[C@H]1NC(=O)/C=C/c1ccc(S(=O)(=O)NCc2ccco2)cc1. The Morgan fingerprint density at radius 2 is 1.93 bits per heavy atom. The molecule has 0 radical (unpaired) electrons. The van der Waals surface area contributed by atoms with Crippen LogP contribution in [-0.4, -0.2) is 20.4 Å². The molecule has 150 valence electrons. The lowest BCUT2D eigenvalue weighted by atomic mass is 9.86. The number of sulfonamides is 1. The maximum Gasteiger partial charge on any atom is 0.244 e. The van der Waals surface area contributed by atoms with Gasteiger partial charge in [0.2, 0.25) is 15.9 Å². The summed E-state index contributed by atoms with van der Waals surface area (Å²) in [5.41, 5.74) is 0.761. The maximum atomic E-state index is 12.3. The predicted molar refractivity (Wildman–Crippen MR) is 108 cm³/mol. The van der Waals surface area contributed by atoms with Crippen molar-refractivity contribution in [2.45, 2.75) is 50.1 Å². The first-order valence-corrected chi connectivity index (χ1v) is 11.0. The Labute approximate surface area is 166 Å². The van der Waals surface area contributed by atoms with Crippen LogP contribution in [0.25, 0.3) is 6.08 Å². The van der Waals surface area contributed by atoms with Gasteiger partial charge >= 0.3 is 0 Å². The number of rotatable bonds is 7. The first kappa shape index (κ1) is 20.4. The van der Waals surface area contributed by atoms with E-state index < -0.39 is 10.0 Å². The zero-order chi connectivity index (χ0) is 20.0. The largest absolute Gasteiger partial charge is 0.468 e. The molecule has 1 aromatic heterocycles. The fraction of sp³-hybridized carbons (Fsp3) is 0.381. The number of carbonyl (C=O) groups excluding carboxylic acids is 1. The molecule has 2 aromatic rings. The van der Waals surface area contributed by atoms with Crippen molar-refractivity contribution >= 4 is 22.0 Å². The Morgan fingerprint density at radius 3 is 2.61 bits per heavy atom. The monoisotopic (exact) mass is 402 g/mol. The topological polar surface area (TPSA) is 88.4 Å². The summed E-state index contributed by atoms with van der Waals surface area (Å²) in [6.45, 7) is 2.27. The van der Waals surface area contributed by atoms with Gasteiger partial charge in [0.15, 0.2) is 0 Å². The Bertz CT molecular complexity index is 902. The van der Waals surface area contributed by atoms with Crippen LogP contribution in [-0.2, 0) is 21.4 Å². The molecule has 1 fully saturated rings. The first-order chi connectivity index (χ1) is 13.4. The van der Waals surface area contributed by atoms with E-state index in [9.17, 15) is 13.2 Å². The van der Waals surface area contributed by atoms with Gasteiger partial charge in [-0.05, 0) is 54.7 Å². The molecular formula is C21H26N2O4S. The van der Waals surface area contributed by atoms with Gasteiger partial charge in [0.05, 0.1) is 17.7 Å². The van der Waals surface area contributed by atoms with Crippen molar-refractivity contribution in [3.8, 4) is 0 Å². The van der Waals surface area contributed by atoms with Crippen LogP contribution >= 0.6 is 0 Å². The second-order valence-electron chi connectivity index (χ2n) is 7.18. The molecule has 7 heteroatoms. The molecule has 0 spiro atoms. The number of furan rings is 1. The number of nitrogens with one attached hydrogen (secondary N) is 2. The van der Waals surface area contributed by atoms with Crippen molar-refractivity contribution in [1.82, 2.24) is 10.0 Å². The highest BCUT2D eigenvalue weighted by Crippen LogP contribution is 2.23. The maximum absolute atomic E-state index is 12.3. The highest BCUT2D eigenvalue weighted by atomic mass is 32.2. The van der Waals surface area contributed by atoms with Crippen molar-refractivity contribution < 1.29 is 17.6 Å². The molecule has 1 aliphatic carbocycles. The molecule has 3 rings (SSSR count). The second kappa shape index (κ2) is 9.21. The summed E-state index contributed by atoms with van der Waals surface area (Å²) in [6.07, 6.45) is 9.25. The summed E-state index contributed by atoms with van der Waals surface area (Å²) < 4.78 is 32.3. The Morgan fingerprint density at radius 1 is 1.18 bits per heavy atom. The van der Waals surface area contributed by atoms with Crippen LogP contribution in [0.1, 0.15) is 43.9 Å². The van der Waals surface area contributed by atoms with Crippen molar-refractivity contribution in [1.29, 1.82) is 0 Å². The van der Waals surface area contributed by atoms with E-state index in [4.69, 9.17) is 4.42 Å². The molecule has 1 saturated carbocycles. The third kappa shape index (κ3) is 5.56. The highest BCUT2D eigenvalue weighted by molar-refractivity contribution is 7.89. The summed E-state index contributed by atoms with van der Waals surface area (Å²) in [6, 6.07) is 10.0. The molecule has 1 heterocycles. The molecule has 1 aliphatic rings. The lowest BCUT2D eigenvalue weighted by Gasteiger charge is -2.29. The van der Waals surface area contributed by atoms with E-state index in [2.05, 4.69) is 17.0 Å². The van der Waals surface area contributed by atoms with Crippen molar-refractivity contribution in [2.75, 3.05) is 0 Å². The molecule has 0 unspecified atom stereocenters. The normalized spacial score (nSPS) is 20.3. The third-order valence-corrected chi connectivity index (χ3v) is 6.49. The van der Waals surface area contributed by atoms with Crippen molar-refractivity contribution in [3.63, 3.8) is 0 Å². The number of benzene rings is 1. The van der Waals surface area contributed by atoms with Gasteiger partial charge in [-0.15, -0.1) is 0 Å². The van der Waals surface area contributed by atoms with Crippen molar-refractivity contribution in [3.05, 3.63) is 60.1 Å². The molecule has 6 nitrogen and oxygen atoms in total. The zero-order valence-electron chi connectivity index (χ0n) is 15.9. The van der Waals surface area contributed by atoms with Crippen LogP contribution in [0.2, 0.25) is 0 Å². The van der Waals surface area contributed by atoms with Gasteiger partial charge < -0.3 is 9.73 Å². The van der Waals surface area contributed by atoms with Crippen LogP contribution in [0.4, 0.5) is 0 Å². The predicted octanol–water partition coefficient (Wildman–Crippen LogP) is 3.47. The smallest absolute Gasteiger partial charge is 0.244 e. The summed E-state index contributed by atoms with van der Waals surface area (Å²) in [5, 5.41) is 3.06. The quantitative estimate of drug-likeness (QED) is 0.694. The van der Waals surface area contributed by atoms with Crippen LogP contribution in [0.5, 0.6) is 0 Å². The van der Waals surface area contributed by atoms with E-state index in [0.717, 1.165) is 24.8 Å². The molecule has 1 amide bonds. The fourth-order valence-corrected chi connectivity index (χ4v) is 4.35. The van der Waals surface area contributed by atoms with Gasteiger partial charge in [-0.25, -0.2) is 13.1 Å². The second-order valence-corrected chi connectivity index (χ2v) is 8.95. The summed E-state index contributed by atoms with van der Waals surface area (Å²) in [4.78, 5) is 12.3. The minimum Gasteiger partial charge on any atom is -0.468 e. The molecule has 0 aliphatic heterocycles. The van der Waals surface area contributed by atoms with Crippen LogP contribution in [0.3, 0.4) is 0 Å². The average Bonchev–Trinajstić information content (AvgIpc) is 3.21. The van der Waals surface area contributed by atoms with E-state index >= 15 is 0 Å². The first-order valence-electron chi connectivity index (χ1n) is 9.55. The molecular weight excluding hydrogens is 376 g/mol. The molecule has 1 aromatic carbocycles. The summed E-state index contributed by atoms with van der Waals surface area (Å²) in [5.74, 6) is 0.932. The van der Waals surface area contributed by atoms with Crippen LogP contribution < -0.4 is 10.0 Å². The van der Waals surface area contributed by atoms with Gasteiger partial charge in [0.1, 0.15) is 5.76 Å². The molecule has 2 N–H and O–H groups in total. The molecule has 0 bridgehead atoms. The van der Waals surface area contributed by atoms with Crippen LogP contribution in [0, 0.1) is 5.92 Å². The lowest BCUT2D eigenvalue weighted by Crippen LogP contribution is -2.40. The molecule has 0 saturated heterocycles. The molecule has 2 atom stereocenters. The van der Waals surface area contributed by atoms with E-state index in [1.54, 1.807) is 30.3 Å². The van der Waals surface area contributed by atoms with Crippen molar-refractivity contribution in [2.24, 2.45) is 5.92 Å². The number of hydrogen-bond acceptors (Lipinski definition) is 4. The zero-order valence-corrected chi connectivity index (χ0v) is 16.7. The number of carbonyl (C=O) groups is 1. The van der Waals surface area contributed by atoms with E-state index in [1.807, 2.05) is 0 Å². The van der Waals surface area contributed by atoms with Gasteiger partial charge in [-0.1, -0.05) is 31.9 Å². The Kier molecular flexibility index (Phi) is 6.70. The van der Waals surface area contributed by atoms with Gasteiger partial charge in [0.25, 0.3) is 0 Å². The van der Waals surface area contributed by atoms with Gasteiger partial charge in [-0.2, -0.15) is 0 Å². The number of hydrogen-bond donors (Lipinski definition) is 2. The minimum absolute atomic E-state index is 0.0940. The van der Waals surface area contributed by atoms with E-state index in [0.29, 0.717) is 11.7 Å². The van der Waals surface area contributed by atoms with Gasteiger partial charge in [-0.3, -0.25) is 4.79 Å². The third-order valence-electron chi connectivity index (χ3n) is 5.07. The Hall–Kier alpha value is -2.38. The van der Waals surface area contributed by atoms with E-state index in [1.165, 1.54) is 30.9 Å². The summed E-state index contributed by atoms with van der Waals surface area (Å²) >= 11 is 0. The minimum atomic E-state index is -3.62. The van der Waals surface area contributed by atoms with Crippen LogP contribution in [0.15, 0.2) is 58.1 Å². The molecule has 28 heavy (non-hydrogen) atoms.